The third-order valence-electron chi connectivity index (χ3n) is 6.90. The number of amides is 1. The number of unbranched alkanes of at least 4 members (excludes halogenated alkanes) is 4. The molecule has 5 nitrogen and oxygen atoms in total. The molecule has 0 aliphatic rings. The Morgan fingerprint density at radius 2 is 1.55 bits per heavy atom. The molecule has 0 aliphatic carbocycles. The molecule has 1 aromatic heterocycles. The summed E-state index contributed by atoms with van der Waals surface area (Å²) >= 11 is 1.02. The van der Waals surface area contributed by atoms with Gasteiger partial charge in [0.05, 0.1) is 4.88 Å². The Morgan fingerprint density at radius 3 is 2.18 bits per heavy atom. The van der Waals surface area contributed by atoms with Crippen molar-refractivity contribution in [3.8, 4) is 28.1 Å². The molecule has 0 radical (unpaired) electrons. The van der Waals surface area contributed by atoms with E-state index in [1.165, 1.54) is 19.3 Å². The molecular weight excluding hydrogens is 492 g/mol. The third kappa shape index (κ3) is 7.01. The first-order valence-electron chi connectivity index (χ1n) is 13.4. The first-order chi connectivity index (χ1) is 18.5. The number of hydrogen-bond donors (Lipinski definition) is 2. The molecular formula is C32H36N2O3S. The van der Waals surface area contributed by atoms with Gasteiger partial charge in [-0.2, -0.15) is 0 Å². The van der Waals surface area contributed by atoms with Crippen molar-refractivity contribution in [2.45, 2.75) is 58.4 Å². The summed E-state index contributed by atoms with van der Waals surface area (Å²) in [6.45, 7) is 2.64. The van der Waals surface area contributed by atoms with Crippen LogP contribution in [0.2, 0.25) is 0 Å². The minimum atomic E-state index is -0.281. The normalized spacial score (nSPS) is 11.0. The van der Waals surface area contributed by atoms with E-state index in [2.05, 4.69) is 48.3 Å². The Hall–Kier alpha value is -3.64. The summed E-state index contributed by atoms with van der Waals surface area (Å²) in [5.74, 6) is 0.0431. The summed E-state index contributed by atoms with van der Waals surface area (Å²) in [6, 6.07) is 24.7. The van der Waals surface area contributed by atoms with Gasteiger partial charge in [-0.15, -0.1) is 0 Å². The standard InChI is InChI=1S/C32H36N2O3S/c1-3-4-5-6-13-18-30(35)34(2)22-26-19-25(23-14-9-7-10-15-23)20-27(24-16-11-8-12-17-24)28(26)21-29-31(36)33-32(37)38-29/h7-12,14-17,19-20,36H,3-6,13,18,21-22H2,1-2H3,(H,33,37). The van der Waals surface area contributed by atoms with Crippen molar-refractivity contribution in [3.63, 3.8) is 0 Å². The van der Waals surface area contributed by atoms with Crippen molar-refractivity contribution in [1.82, 2.24) is 9.88 Å². The van der Waals surface area contributed by atoms with Crippen LogP contribution in [0.15, 0.2) is 77.6 Å². The molecule has 6 heteroatoms. The second kappa shape index (κ2) is 13.2. The fourth-order valence-corrected chi connectivity index (χ4v) is 5.54. The van der Waals surface area contributed by atoms with Crippen LogP contribution in [0.1, 0.15) is 61.5 Å². The quantitative estimate of drug-likeness (QED) is 0.188. The van der Waals surface area contributed by atoms with Crippen molar-refractivity contribution < 1.29 is 9.90 Å². The predicted molar refractivity (Wildman–Crippen MR) is 157 cm³/mol. The monoisotopic (exact) mass is 528 g/mol. The lowest BCUT2D eigenvalue weighted by Gasteiger charge is -2.23. The lowest BCUT2D eigenvalue weighted by atomic mass is 9.88. The van der Waals surface area contributed by atoms with Gasteiger partial charge >= 0.3 is 4.87 Å². The maximum absolute atomic E-state index is 13.1. The van der Waals surface area contributed by atoms with Gasteiger partial charge in [0.1, 0.15) is 0 Å². The number of rotatable bonds is 12. The number of nitrogens with one attached hydrogen (secondary N) is 1. The van der Waals surface area contributed by atoms with E-state index in [4.69, 9.17) is 0 Å². The Balaban J connectivity index is 1.75. The Kier molecular flexibility index (Phi) is 9.55. The molecule has 0 unspecified atom stereocenters. The van der Waals surface area contributed by atoms with Crippen LogP contribution in [0.3, 0.4) is 0 Å². The first kappa shape index (κ1) is 27.4. The largest absolute Gasteiger partial charge is 0.494 e. The van der Waals surface area contributed by atoms with Crippen LogP contribution in [-0.2, 0) is 17.8 Å². The van der Waals surface area contributed by atoms with Crippen molar-refractivity contribution in [2.75, 3.05) is 7.05 Å². The zero-order valence-corrected chi connectivity index (χ0v) is 23.0. The van der Waals surface area contributed by atoms with Gasteiger partial charge < -0.3 is 10.0 Å². The minimum Gasteiger partial charge on any atom is -0.494 e. The fourth-order valence-electron chi connectivity index (χ4n) is 4.80. The van der Waals surface area contributed by atoms with E-state index in [1.807, 2.05) is 48.3 Å². The highest BCUT2D eigenvalue weighted by molar-refractivity contribution is 7.09. The van der Waals surface area contributed by atoms with Gasteiger partial charge in [-0.05, 0) is 51.9 Å². The van der Waals surface area contributed by atoms with E-state index in [1.54, 1.807) is 0 Å². The van der Waals surface area contributed by atoms with Crippen LogP contribution in [0, 0.1) is 0 Å². The van der Waals surface area contributed by atoms with Gasteiger partial charge in [0.15, 0.2) is 0 Å². The van der Waals surface area contributed by atoms with Crippen LogP contribution in [0.25, 0.3) is 22.3 Å². The highest BCUT2D eigenvalue weighted by Crippen LogP contribution is 2.36. The van der Waals surface area contributed by atoms with Crippen LogP contribution in [0.5, 0.6) is 5.88 Å². The second-order valence-corrected chi connectivity index (χ2v) is 10.8. The van der Waals surface area contributed by atoms with Gasteiger partial charge in [0.25, 0.3) is 0 Å². The number of thiazole rings is 1. The average Bonchev–Trinajstić information content (AvgIpc) is 3.26. The van der Waals surface area contributed by atoms with E-state index in [-0.39, 0.29) is 16.7 Å². The number of carbonyl (C=O) groups is 1. The van der Waals surface area contributed by atoms with Gasteiger partial charge in [-0.1, -0.05) is 105 Å². The predicted octanol–water partition coefficient (Wildman–Crippen LogP) is 7.39. The van der Waals surface area contributed by atoms with E-state index < -0.39 is 0 Å². The maximum atomic E-state index is 13.1. The molecule has 198 valence electrons. The van der Waals surface area contributed by atoms with E-state index in [9.17, 15) is 14.7 Å². The fraction of sp³-hybridized carbons (Fsp3) is 0.312. The summed E-state index contributed by atoms with van der Waals surface area (Å²) in [5.41, 5.74) is 6.25. The summed E-state index contributed by atoms with van der Waals surface area (Å²) in [6.07, 6.45) is 6.47. The number of aromatic nitrogens is 1. The molecule has 2 N–H and O–H groups in total. The van der Waals surface area contributed by atoms with E-state index in [0.29, 0.717) is 24.3 Å². The SMILES string of the molecule is CCCCCCCC(=O)N(C)Cc1cc(-c2ccccc2)cc(-c2ccccc2)c1Cc1sc(=O)[nH]c1O. The molecule has 0 aliphatic heterocycles. The Labute approximate surface area is 228 Å². The zero-order chi connectivity index (χ0) is 26.9. The number of hydrogen-bond acceptors (Lipinski definition) is 4. The lowest BCUT2D eigenvalue weighted by Crippen LogP contribution is -2.26. The molecule has 1 amide bonds. The molecule has 0 spiro atoms. The molecule has 0 atom stereocenters. The van der Waals surface area contributed by atoms with Gasteiger partial charge in [-0.25, -0.2) is 0 Å². The topological polar surface area (TPSA) is 73.4 Å². The number of nitrogens with zero attached hydrogens (tertiary/aromatic N) is 1. The average molecular weight is 529 g/mol. The van der Waals surface area contributed by atoms with Crippen molar-refractivity contribution in [2.24, 2.45) is 0 Å². The molecule has 0 fully saturated rings. The van der Waals surface area contributed by atoms with Crippen molar-refractivity contribution in [1.29, 1.82) is 0 Å². The van der Waals surface area contributed by atoms with Crippen LogP contribution < -0.4 is 4.87 Å². The van der Waals surface area contributed by atoms with Crippen molar-refractivity contribution in [3.05, 3.63) is 98.5 Å². The molecule has 3 aromatic carbocycles. The van der Waals surface area contributed by atoms with Gasteiger partial charge in [-0.3, -0.25) is 14.6 Å². The number of H-pyrrole nitrogens is 1. The van der Waals surface area contributed by atoms with E-state index >= 15 is 0 Å². The number of aromatic hydroxyl groups is 1. The van der Waals surface area contributed by atoms with Crippen molar-refractivity contribution >= 4 is 17.2 Å². The smallest absolute Gasteiger partial charge is 0.307 e. The number of carbonyl (C=O) groups excluding carboxylic acids is 1. The number of aromatic amines is 1. The Bertz CT molecular complexity index is 1390. The molecule has 0 saturated heterocycles. The summed E-state index contributed by atoms with van der Waals surface area (Å²) in [5, 5.41) is 10.4. The Morgan fingerprint density at radius 1 is 0.895 bits per heavy atom. The molecule has 1 heterocycles. The zero-order valence-electron chi connectivity index (χ0n) is 22.2. The molecule has 0 saturated carbocycles. The summed E-state index contributed by atoms with van der Waals surface area (Å²) in [7, 11) is 1.86. The van der Waals surface area contributed by atoms with Crippen LogP contribution >= 0.6 is 11.3 Å². The van der Waals surface area contributed by atoms with Crippen LogP contribution in [-0.4, -0.2) is 27.9 Å². The summed E-state index contributed by atoms with van der Waals surface area (Å²) < 4.78 is 0. The highest BCUT2D eigenvalue weighted by Gasteiger charge is 2.20. The first-order valence-corrected chi connectivity index (χ1v) is 14.2. The molecule has 0 bridgehead atoms. The lowest BCUT2D eigenvalue weighted by molar-refractivity contribution is -0.130. The summed E-state index contributed by atoms with van der Waals surface area (Å²) in [4.78, 5) is 29.6. The van der Waals surface area contributed by atoms with Gasteiger partial charge in [0.2, 0.25) is 11.8 Å². The molecule has 4 aromatic rings. The second-order valence-electron chi connectivity index (χ2n) is 9.77. The molecule has 4 rings (SSSR count). The highest BCUT2D eigenvalue weighted by atomic mass is 32.1. The minimum absolute atomic E-state index is 0.0893. The maximum Gasteiger partial charge on any atom is 0.307 e. The van der Waals surface area contributed by atoms with Crippen LogP contribution in [0.4, 0.5) is 0 Å². The van der Waals surface area contributed by atoms with Gasteiger partial charge in [0, 0.05) is 26.4 Å². The van der Waals surface area contributed by atoms with E-state index in [0.717, 1.165) is 57.6 Å². The number of benzene rings is 3. The third-order valence-corrected chi connectivity index (χ3v) is 7.77. The molecule has 38 heavy (non-hydrogen) atoms.